The summed E-state index contributed by atoms with van der Waals surface area (Å²) in [5.41, 5.74) is 11.0. The van der Waals surface area contributed by atoms with Gasteiger partial charge >= 0.3 is 5.97 Å². The summed E-state index contributed by atoms with van der Waals surface area (Å²) in [6, 6.07) is -3.08. The molecule has 0 radical (unpaired) electrons. The van der Waals surface area contributed by atoms with Crippen LogP contribution in [0.25, 0.3) is 0 Å². The Morgan fingerprint density at radius 1 is 0.784 bits per heavy atom. The number of nitrogens with two attached hydrogens (primary N) is 2. The summed E-state index contributed by atoms with van der Waals surface area (Å²) in [5.74, 6) is -5.43. The Balaban J connectivity index is 6.04. The number of carbonyl (C=O) groups excluding carboxylic acids is 6. The van der Waals surface area contributed by atoms with Gasteiger partial charge in [-0.25, -0.2) is 0 Å². The molecule has 0 aromatic heterocycles. The van der Waals surface area contributed by atoms with Crippen molar-refractivity contribution in [2.24, 2.45) is 35.1 Å². The van der Waals surface area contributed by atoms with Crippen LogP contribution in [-0.4, -0.2) is 96.0 Å². The van der Waals surface area contributed by atoms with Crippen LogP contribution < -0.4 is 27.4 Å². The molecule has 0 spiro atoms. The predicted molar refractivity (Wildman–Crippen MR) is 198 cm³/mol. The number of esters is 1. The van der Waals surface area contributed by atoms with Gasteiger partial charge in [-0.3, -0.25) is 28.8 Å². The van der Waals surface area contributed by atoms with E-state index < -0.39 is 84.2 Å². The first-order valence-electron chi connectivity index (χ1n) is 18.9. The molecule has 51 heavy (non-hydrogen) atoms. The van der Waals surface area contributed by atoms with Crippen LogP contribution in [0.4, 0.5) is 0 Å². The molecule has 8 N–H and O–H groups in total. The van der Waals surface area contributed by atoms with Crippen LogP contribution in [0.2, 0.25) is 0 Å². The van der Waals surface area contributed by atoms with Gasteiger partial charge in [-0.1, -0.05) is 99.8 Å². The van der Waals surface area contributed by atoms with E-state index in [4.69, 9.17) is 16.2 Å². The van der Waals surface area contributed by atoms with Crippen molar-refractivity contribution in [3.63, 3.8) is 0 Å². The van der Waals surface area contributed by atoms with Crippen molar-refractivity contribution in [1.82, 2.24) is 20.9 Å². The number of rotatable bonds is 27. The number of primary amides is 1. The van der Waals surface area contributed by atoms with Crippen LogP contribution >= 0.6 is 0 Å². The normalized spacial score (nSPS) is 16.1. The van der Waals surface area contributed by atoms with Gasteiger partial charge in [-0.15, -0.1) is 0 Å². The number of aliphatic hydroxyl groups excluding tert-OH is 1. The van der Waals surface area contributed by atoms with Crippen LogP contribution in [0.15, 0.2) is 0 Å². The van der Waals surface area contributed by atoms with E-state index in [9.17, 15) is 33.9 Å². The first kappa shape index (κ1) is 47.7. The molecular formula is C37H70N6O8. The molecule has 0 aliphatic carbocycles. The summed E-state index contributed by atoms with van der Waals surface area (Å²) in [6.45, 7) is 13.7. The van der Waals surface area contributed by atoms with E-state index in [0.717, 1.165) is 32.1 Å². The number of carbonyl (C=O) groups is 6. The second kappa shape index (κ2) is 25.7. The lowest BCUT2D eigenvalue weighted by molar-refractivity contribution is -0.158. The van der Waals surface area contributed by atoms with Crippen molar-refractivity contribution in [2.45, 2.75) is 156 Å². The molecule has 0 heterocycles. The van der Waals surface area contributed by atoms with Crippen LogP contribution in [0.1, 0.15) is 126 Å². The van der Waals surface area contributed by atoms with Crippen LogP contribution in [-0.2, 0) is 33.5 Å². The topological polar surface area (TPSA) is 223 Å². The monoisotopic (exact) mass is 727 g/mol. The summed E-state index contributed by atoms with van der Waals surface area (Å²) < 4.78 is 5.80. The van der Waals surface area contributed by atoms with Crippen molar-refractivity contribution in [2.75, 3.05) is 20.1 Å². The third-order valence-electron chi connectivity index (χ3n) is 9.62. The highest BCUT2D eigenvalue weighted by Gasteiger charge is 2.37. The largest absolute Gasteiger partial charge is 0.460 e. The Kier molecular flexibility index (Phi) is 24.0. The Hall–Kier alpha value is -3.26. The van der Waals surface area contributed by atoms with E-state index >= 15 is 0 Å². The average Bonchev–Trinajstić information content (AvgIpc) is 3.08. The van der Waals surface area contributed by atoms with Gasteiger partial charge in [-0.05, 0) is 38.0 Å². The van der Waals surface area contributed by atoms with Crippen LogP contribution in [0.5, 0.6) is 0 Å². The van der Waals surface area contributed by atoms with E-state index in [-0.39, 0.29) is 18.4 Å². The Bertz CT molecular complexity index is 1090. The third-order valence-corrected chi connectivity index (χ3v) is 9.62. The first-order valence-corrected chi connectivity index (χ1v) is 18.9. The molecule has 0 aliphatic rings. The lowest BCUT2D eigenvalue weighted by Gasteiger charge is -2.34. The second-order valence-electron chi connectivity index (χ2n) is 14.5. The molecule has 14 heteroatoms. The molecule has 0 rings (SSSR count). The molecule has 296 valence electrons. The number of hydrogen-bond donors (Lipinski definition) is 6. The highest BCUT2D eigenvalue weighted by atomic mass is 16.5. The molecule has 0 saturated carbocycles. The van der Waals surface area contributed by atoms with Gasteiger partial charge < -0.3 is 42.2 Å². The SMILES string of the molecule is CCCCCCCCCC[C@@H](OC(=O)CNC(=O)[C@@H](C)[C@H](C)O)[C@@H](C)C(=O)N(C)[C@@H](CC(C)C)C(=O)N[C@H](C(=O)N[C@@H](CN)C(N)=O)[C@H](C)CC. The number of aliphatic hydroxyl groups is 1. The van der Waals surface area contributed by atoms with Gasteiger partial charge in [0, 0.05) is 13.6 Å². The predicted octanol–water partition coefficient (Wildman–Crippen LogP) is 2.53. The molecule has 0 aliphatic heterocycles. The van der Waals surface area contributed by atoms with E-state index in [1.807, 2.05) is 20.8 Å². The first-order chi connectivity index (χ1) is 23.9. The van der Waals surface area contributed by atoms with Gasteiger partial charge in [-0.2, -0.15) is 0 Å². The minimum absolute atomic E-state index is 0.00254. The van der Waals surface area contributed by atoms with Crippen molar-refractivity contribution >= 4 is 35.5 Å². The third kappa shape index (κ3) is 18.2. The van der Waals surface area contributed by atoms with E-state index in [1.54, 1.807) is 20.8 Å². The number of unbranched alkanes of at least 4 members (excludes halogenated alkanes) is 7. The Labute approximate surface area is 306 Å². The van der Waals surface area contributed by atoms with Crippen molar-refractivity contribution in [3.8, 4) is 0 Å². The highest BCUT2D eigenvalue weighted by molar-refractivity contribution is 5.94. The lowest BCUT2D eigenvalue weighted by Crippen LogP contribution is -2.60. The Morgan fingerprint density at radius 3 is 1.84 bits per heavy atom. The van der Waals surface area contributed by atoms with Gasteiger partial charge in [0.15, 0.2) is 0 Å². The summed E-state index contributed by atoms with van der Waals surface area (Å²) in [6.07, 6.45) is 8.01. The fraction of sp³-hybridized carbons (Fsp3) is 0.838. The summed E-state index contributed by atoms with van der Waals surface area (Å²) >= 11 is 0. The molecule has 8 atom stereocenters. The number of hydrogen-bond acceptors (Lipinski definition) is 9. The molecule has 0 unspecified atom stereocenters. The second-order valence-corrected chi connectivity index (χ2v) is 14.5. The standard InChI is InChI=1S/C37H70N6O8/c1-10-12-13-14-15-16-17-18-19-30(51-31(45)22-40-34(47)25(6)27(8)44)26(7)37(50)43(9)29(20-23(3)4)35(48)42-32(24(5)11-2)36(49)41-28(21-38)33(39)46/h23-30,32,44H,10-22,38H2,1-9H3,(H2,39,46)(H,40,47)(H,41,49)(H,42,48)/t24-,25+,26-,27+,28+,29+,30-,32+/m1/s1. The summed E-state index contributed by atoms with van der Waals surface area (Å²) in [7, 11) is 1.52. The zero-order chi connectivity index (χ0) is 39.3. The molecular weight excluding hydrogens is 656 g/mol. The summed E-state index contributed by atoms with van der Waals surface area (Å²) in [4.78, 5) is 79.5. The maximum Gasteiger partial charge on any atom is 0.325 e. The Morgan fingerprint density at radius 2 is 1.35 bits per heavy atom. The summed E-state index contributed by atoms with van der Waals surface area (Å²) in [5, 5.41) is 17.5. The number of amides is 5. The van der Waals surface area contributed by atoms with Crippen molar-refractivity contribution in [3.05, 3.63) is 0 Å². The van der Waals surface area contributed by atoms with Gasteiger partial charge in [0.2, 0.25) is 29.5 Å². The lowest BCUT2D eigenvalue weighted by atomic mass is 9.94. The molecule has 5 amide bonds. The number of nitrogens with zero attached hydrogens (tertiary/aromatic N) is 1. The van der Waals surface area contributed by atoms with Crippen molar-refractivity contribution in [1.29, 1.82) is 0 Å². The van der Waals surface area contributed by atoms with Crippen molar-refractivity contribution < 1.29 is 38.6 Å². The van der Waals surface area contributed by atoms with E-state index in [2.05, 4.69) is 22.9 Å². The molecule has 0 aromatic carbocycles. The number of ether oxygens (including phenoxy) is 1. The highest BCUT2D eigenvalue weighted by Crippen LogP contribution is 2.22. The van der Waals surface area contributed by atoms with E-state index in [1.165, 1.54) is 38.1 Å². The van der Waals surface area contributed by atoms with Gasteiger partial charge in [0.05, 0.1) is 17.9 Å². The molecule has 0 saturated heterocycles. The zero-order valence-electron chi connectivity index (χ0n) is 32.8. The number of nitrogens with one attached hydrogen (secondary N) is 3. The van der Waals surface area contributed by atoms with Crippen LogP contribution in [0, 0.1) is 23.7 Å². The number of likely N-dealkylation sites (N-methyl/N-ethyl adjacent to an activating group) is 1. The molecule has 0 fully saturated rings. The van der Waals surface area contributed by atoms with Gasteiger partial charge in [0.1, 0.15) is 30.8 Å². The fourth-order valence-electron chi connectivity index (χ4n) is 5.62. The average molecular weight is 727 g/mol. The van der Waals surface area contributed by atoms with Crippen LogP contribution in [0.3, 0.4) is 0 Å². The quantitative estimate of drug-likeness (QED) is 0.0540. The molecule has 14 nitrogen and oxygen atoms in total. The minimum atomic E-state index is -1.10. The fourth-order valence-corrected chi connectivity index (χ4v) is 5.62. The smallest absolute Gasteiger partial charge is 0.325 e. The molecule has 0 bridgehead atoms. The zero-order valence-corrected chi connectivity index (χ0v) is 32.8. The van der Waals surface area contributed by atoms with Gasteiger partial charge in [0.25, 0.3) is 0 Å². The maximum atomic E-state index is 14.0. The maximum absolute atomic E-state index is 14.0. The molecule has 0 aromatic rings. The minimum Gasteiger partial charge on any atom is -0.460 e. The van der Waals surface area contributed by atoms with E-state index in [0.29, 0.717) is 19.3 Å².